The second-order valence-corrected chi connectivity index (χ2v) is 13.7. The fourth-order valence-electron chi connectivity index (χ4n) is 5.85. The molecule has 45 heavy (non-hydrogen) atoms. The van der Waals surface area contributed by atoms with Crippen LogP contribution in [0.1, 0.15) is 165 Å². The molecule has 6 nitrogen and oxygen atoms in total. The maximum absolute atomic E-state index is 13.3. The summed E-state index contributed by atoms with van der Waals surface area (Å²) in [6, 6.07) is 6.85. The van der Waals surface area contributed by atoms with Crippen LogP contribution in [0.3, 0.4) is 0 Å². The molecular weight excluding hydrogens is 579 g/mol. The number of nitrogens with one attached hydrogen (secondary N) is 3. The molecule has 0 saturated carbocycles. The van der Waals surface area contributed by atoms with Gasteiger partial charge >= 0.3 is 0 Å². The van der Waals surface area contributed by atoms with Crippen LogP contribution in [0.4, 0.5) is 0 Å². The van der Waals surface area contributed by atoms with Crippen LogP contribution in [0.2, 0.25) is 0 Å². The van der Waals surface area contributed by atoms with Crippen molar-refractivity contribution in [2.75, 3.05) is 13.1 Å². The number of hydrogen-bond donors (Lipinski definition) is 3. The summed E-state index contributed by atoms with van der Waals surface area (Å²) >= 11 is 1.59. The standard InChI is InChI=1S/C38H63N3O3S/c1-3-5-7-9-11-13-15-17-19-21-29-39-36(42)27-26-34(41-37(43)33-24-23-25-35-32(33)28-31-45-35)38(44)40-30-22-20-18-16-14-12-10-8-6-4-2/h23-25,28,31,34H,3-22,26-27,29-30H2,1-2H3,(H,39,42)(H,40,44)(H,41,43). The third-order valence-corrected chi connectivity index (χ3v) is 9.59. The van der Waals surface area contributed by atoms with Gasteiger partial charge in [-0.1, -0.05) is 135 Å². The number of amides is 3. The zero-order chi connectivity index (χ0) is 32.4. The van der Waals surface area contributed by atoms with E-state index in [1.54, 1.807) is 17.4 Å². The molecule has 1 aromatic carbocycles. The first kappa shape index (κ1) is 38.8. The first-order chi connectivity index (χ1) is 22.1. The van der Waals surface area contributed by atoms with E-state index in [1.807, 2.05) is 23.6 Å². The minimum absolute atomic E-state index is 0.0624. The Morgan fingerprint density at radius 2 is 1.16 bits per heavy atom. The molecule has 0 bridgehead atoms. The maximum atomic E-state index is 13.3. The lowest BCUT2D eigenvalue weighted by molar-refractivity contribution is -0.124. The third kappa shape index (κ3) is 17.8. The second kappa shape index (κ2) is 25.7. The Morgan fingerprint density at radius 3 is 1.71 bits per heavy atom. The van der Waals surface area contributed by atoms with Gasteiger partial charge < -0.3 is 16.0 Å². The largest absolute Gasteiger partial charge is 0.356 e. The van der Waals surface area contributed by atoms with E-state index in [0.717, 1.165) is 35.8 Å². The van der Waals surface area contributed by atoms with E-state index in [1.165, 1.54) is 103 Å². The van der Waals surface area contributed by atoms with Crippen molar-refractivity contribution >= 4 is 39.1 Å². The monoisotopic (exact) mass is 641 g/mol. The highest BCUT2D eigenvalue weighted by Crippen LogP contribution is 2.24. The van der Waals surface area contributed by atoms with Gasteiger partial charge in [0.1, 0.15) is 6.04 Å². The SMILES string of the molecule is CCCCCCCCCCCCNC(=O)CCC(NC(=O)c1cccc2sccc12)C(=O)NCCCCCCCCCCCC. The molecule has 0 spiro atoms. The van der Waals surface area contributed by atoms with Gasteiger partial charge in [-0.2, -0.15) is 0 Å². The molecule has 2 aromatic rings. The molecule has 0 saturated heterocycles. The number of unbranched alkanes of at least 4 members (excludes halogenated alkanes) is 18. The lowest BCUT2D eigenvalue weighted by atomic mass is 10.1. The van der Waals surface area contributed by atoms with E-state index in [0.29, 0.717) is 18.7 Å². The predicted molar refractivity (Wildman–Crippen MR) is 192 cm³/mol. The molecule has 1 atom stereocenters. The zero-order valence-electron chi connectivity index (χ0n) is 28.6. The highest BCUT2D eigenvalue weighted by Gasteiger charge is 2.23. The molecule has 1 aromatic heterocycles. The van der Waals surface area contributed by atoms with Gasteiger partial charge in [-0.25, -0.2) is 0 Å². The van der Waals surface area contributed by atoms with Crippen molar-refractivity contribution in [1.29, 1.82) is 0 Å². The summed E-state index contributed by atoms with van der Waals surface area (Å²) < 4.78 is 1.04. The minimum Gasteiger partial charge on any atom is -0.356 e. The molecule has 0 aliphatic heterocycles. The molecule has 3 amide bonds. The number of fused-ring (bicyclic) bond motifs is 1. The summed E-state index contributed by atoms with van der Waals surface area (Å²) in [4.78, 5) is 39.1. The molecule has 254 valence electrons. The maximum Gasteiger partial charge on any atom is 0.252 e. The molecule has 0 radical (unpaired) electrons. The van der Waals surface area contributed by atoms with Gasteiger partial charge in [0.15, 0.2) is 0 Å². The minimum atomic E-state index is -0.752. The summed E-state index contributed by atoms with van der Waals surface area (Å²) in [5.41, 5.74) is 0.562. The molecule has 7 heteroatoms. The second-order valence-electron chi connectivity index (χ2n) is 12.7. The number of rotatable bonds is 28. The number of carbonyl (C=O) groups is 3. The summed E-state index contributed by atoms with van der Waals surface area (Å²) in [5.74, 6) is -0.546. The van der Waals surface area contributed by atoms with Crippen LogP contribution < -0.4 is 16.0 Å². The average Bonchev–Trinajstić information content (AvgIpc) is 3.53. The van der Waals surface area contributed by atoms with Crippen LogP contribution >= 0.6 is 11.3 Å². The van der Waals surface area contributed by atoms with Crippen molar-refractivity contribution in [3.05, 3.63) is 35.2 Å². The highest BCUT2D eigenvalue weighted by atomic mass is 32.1. The first-order valence-corrected chi connectivity index (χ1v) is 19.3. The summed E-state index contributed by atoms with van der Waals surface area (Å²) in [5, 5.41) is 11.8. The van der Waals surface area contributed by atoms with E-state index in [2.05, 4.69) is 29.8 Å². The van der Waals surface area contributed by atoms with Gasteiger partial charge in [0, 0.05) is 35.2 Å². The first-order valence-electron chi connectivity index (χ1n) is 18.4. The Kier molecular flexibility index (Phi) is 22.2. The Morgan fingerprint density at radius 1 is 0.644 bits per heavy atom. The molecule has 0 aliphatic carbocycles. The molecule has 3 N–H and O–H groups in total. The normalized spacial score (nSPS) is 11.9. The molecule has 0 aliphatic rings. The van der Waals surface area contributed by atoms with Gasteiger partial charge in [-0.05, 0) is 42.8 Å². The van der Waals surface area contributed by atoms with Crippen LogP contribution in [-0.2, 0) is 9.59 Å². The topological polar surface area (TPSA) is 87.3 Å². The summed E-state index contributed by atoms with van der Waals surface area (Å²) in [7, 11) is 0. The number of benzene rings is 1. The molecule has 2 rings (SSSR count). The van der Waals surface area contributed by atoms with E-state index in [9.17, 15) is 14.4 Å². The molecule has 0 fully saturated rings. The van der Waals surface area contributed by atoms with Gasteiger partial charge in [0.2, 0.25) is 11.8 Å². The summed E-state index contributed by atoms with van der Waals surface area (Å²) in [6.45, 7) is 5.75. The zero-order valence-corrected chi connectivity index (χ0v) is 29.4. The van der Waals surface area contributed by atoms with Crippen molar-refractivity contribution in [2.45, 2.75) is 161 Å². The van der Waals surface area contributed by atoms with Gasteiger partial charge in [0.25, 0.3) is 5.91 Å². The molecule has 1 heterocycles. The van der Waals surface area contributed by atoms with E-state index in [-0.39, 0.29) is 30.6 Å². The van der Waals surface area contributed by atoms with Crippen molar-refractivity contribution < 1.29 is 14.4 Å². The Balaban J connectivity index is 1.72. The van der Waals surface area contributed by atoms with Gasteiger partial charge in [0.05, 0.1) is 0 Å². The lowest BCUT2D eigenvalue weighted by Crippen LogP contribution is -2.47. The van der Waals surface area contributed by atoms with Crippen LogP contribution in [0.15, 0.2) is 29.6 Å². The number of thiophene rings is 1. The van der Waals surface area contributed by atoms with Crippen molar-refractivity contribution in [3.63, 3.8) is 0 Å². The Hall–Kier alpha value is -2.41. The van der Waals surface area contributed by atoms with Crippen LogP contribution in [-0.4, -0.2) is 36.9 Å². The lowest BCUT2D eigenvalue weighted by Gasteiger charge is -2.19. The van der Waals surface area contributed by atoms with E-state index < -0.39 is 6.04 Å². The summed E-state index contributed by atoms with van der Waals surface area (Å²) in [6.07, 6.45) is 25.5. The number of carbonyl (C=O) groups excluding carboxylic acids is 3. The third-order valence-electron chi connectivity index (χ3n) is 8.70. The van der Waals surface area contributed by atoms with Crippen molar-refractivity contribution in [3.8, 4) is 0 Å². The van der Waals surface area contributed by atoms with Gasteiger partial charge in [-0.15, -0.1) is 11.3 Å². The van der Waals surface area contributed by atoms with Crippen molar-refractivity contribution in [2.24, 2.45) is 0 Å². The molecule has 1 unspecified atom stereocenters. The number of hydrogen-bond acceptors (Lipinski definition) is 4. The van der Waals surface area contributed by atoms with Crippen LogP contribution in [0.5, 0.6) is 0 Å². The van der Waals surface area contributed by atoms with Gasteiger partial charge in [-0.3, -0.25) is 14.4 Å². The smallest absolute Gasteiger partial charge is 0.252 e. The highest BCUT2D eigenvalue weighted by molar-refractivity contribution is 7.17. The van der Waals surface area contributed by atoms with E-state index in [4.69, 9.17) is 0 Å². The van der Waals surface area contributed by atoms with E-state index >= 15 is 0 Å². The fourth-order valence-corrected chi connectivity index (χ4v) is 6.66. The van der Waals surface area contributed by atoms with Crippen LogP contribution in [0, 0.1) is 0 Å². The quantitative estimate of drug-likeness (QED) is 0.0808. The Labute approximate surface area is 278 Å². The fraction of sp³-hybridized carbons (Fsp3) is 0.711. The molecular formula is C38H63N3O3S. The predicted octanol–water partition coefficient (Wildman–Crippen LogP) is 9.85. The van der Waals surface area contributed by atoms with Crippen LogP contribution in [0.25, 0.3) is 10.1 Å². The average molecular weight is 642 g/mol. The van der Waals surface area contributed by atoms with Crippen molar-refractivity contribution in [1.82, 2.24) is 16.0 Å². The Bertz CT molecular complexity index is 1070.